The molecule has 0 unspecified atom stereocenters. The quantitative estimate of drug-likeness (QED) is 0.390. The van der Waals surface area contributed by atoms with Crippen molar-refractivity contribution in [1.82, 2.24) is 14.5 Å². The number of rotatable bonds is 5. The Morgan fingerprint density at radius 1 is 1.00 bits per heavy atom. The Morgan fingerprint density at radius 2 is 1.76 bits per heavy atom. The monoisotopic (exact) mass is 489 g/mol. The Labute approximate surface area is 203 Å². The first-order chi connectivity index (χ1) is 16.4. The van der Waals surface area contributed by atoms with Crippen LogP contribution in [0.25, 0.3) is 26.0 Å². The van der Waals surface area contributed by atoms with Gasteiger partial charge in [-0.3, -0.25) is 14.2 Å². The first-order valence-electron chi connectivity index (χ1n) is 10.7. The second-order valence-corrected chi connectivity index (χ2v) is 9.52. The number of aromatic nitrogens is 2. The van der Waals surface area contributed by atoms with Gasteiger partial charge in [0.2, 0.25) is 5.91 Å². The zero-order valence-electron chi connectivity index (χ0n) is 18.2. The number of hydrogen-bond donors (Lipinski definition) is 1. The molecule has 2 heterocycles. The van der Waals surface area contributed by atoms with Gasteiger partial charge in [-0.25, -0.2) is 9.36 Å². The minimum absolute atomic E-state index is 0.219. The zero-order chi connectivity index (χ0) is 23.8. The van der Waals surface area contributed by atoms with Gasteiger partial charge in [-0.2, -0.15) is 0 Å². The lowest BCUT2D eigenvalue weighted by atomic mass is 10.1. The molecule has 0 atom stereocenters. The summed E-state index contributed by atoms with van der Waals surface area (Å²) < 4.78 is 3.73. The summed E-state index contributed by atoms with van der Waals surface area (Å²) >= 11 is 7.43. The van der Waals surface area contributed by atoms with Crippen LogP contribution in [0.1, 0.15) is 11.1 Å². The summed E-state index contributed by atoms with van der Waals surface area (Å²) in [6, 6.07) is 21.9. The maximum atomic E-state index is 13.6. The summed E-state index contributed by atoms with van der Waals surface area (Å²) in [6.07, 6.45) is 0. The van der Waals surface area contributed by atoms with Crippen molar-refractivity contribution < 1.29 is 4.79 Å². The number of aryl methyl sites for hydroxylation is 1. The predicted octanol–water partition coefficient (Wildman–Crippen LogP) is 4.65. The fourth-order valence-electron chi connectivity index (χ4n) is 3.95. The van der Waals surface area contributed by atoms with E-state index in [0.717, 1.165) is 25.8 Å². The molecular weight excluding hydrogens is 470 g/mol. The maximum Gasteiger partial charge on any atom is 0.336 e. The van der Waals surface area contributed by atoms with Crippen molar-refractivity contribution in [2.24, 2.45) is 0 Å². The molecule has 6 nitrogen and oxygen atoms in total. The van der Waals surface area contributed by atoms with E-state index in [-0.39, 0.29) is 12.5 Å². The third kappa shape index (κ3) is 4.04. The van der Waals surface area contributed by atoms with E-state index < -0.39 is 11.2 Å². The molecule has 0 aliphatic rings. The molecule has 0 bridgehead atoms. The summed E-state index contributed by atoms with van der Waals surface area (Å²) in [5, 5.41) is 4.05. The van der Waals surface area contributed by atoms with Crippen LogP contribution in [0, 0.1) is 6.92 Å². The van der Waals surface area contributed by atoms with Gasteiger partial charge in [0.15, 0.2) is 0 Å². The molecule has 3 aromatic carbocycles. The van der Waals surface area contributed by atoms with Crippen molar-refractivity contribution in [3.63, 3.8) is 0 Å². The highest BCUT2D eigenvalue weighted by molar-refractivity contribution is 7.25. The molecule has 5 aromatic rings. The van der Waals surface area contributed by atoms with Crippen LogP contribution >= 0.6 is 22.9 Å². The van der Waals surface area contributed by atoms with Crippen LogP contribution in [-0.2, 0) is 17.9 Å². The van der Waals surface area contributed by atoms with Crippen LogP contribution in [0.5, 0.6) is 0 Å². The van der Waals surface area contributed by atoms with Crippen LogP contribution < -0.4 is 16.6 Å². The number of fused-ring (bicyclic) bond motifs is 3. The van der Waals surface area contributed by atoms with Crippen LogP contribution in [0.2, 0.25) is 5.02 Å². The summed E-state index contributed by atoms with van der Waals surface area (Å²) in [5.74, 6) is -0.324. The molecule has 1 N–H and O–H groups in total. The number of nitrogens with one attached hydrogen (secondary N) is 1. The van der Waals surface area contributed by atoms with Gasteiger partial charge in [0.25, 0.3) is 5.56 Å². The lowest BCUT2D eigenvalue weighted by Crippen LogP contribution is -2.41. The Hall–Kier alpha value is -3.68. The summed E-state index contributed by atoms with van der Waals surface area (Å²) in [5.41, 5.74) is 1.90. The minimum Gasteiger partial charge on any atom is -0.350 e. The molecule has 0 spiro atoms. The van der Waals surface area contributed by atoms with E-state index in [1.807, 2.05) is 55.5 Å². The number of halogens is 1. The van der Waals surface area contributed by atoms with Crippen molar-refractivity contribution in [2.45, 2.75) is 20.0 Å². The summed E-state index contributed by atoms with van der Waals surface area (Å²) in [4.78, 5) is 40.0. The van der Waals surface area contributed by atoms with Crippen LogP contribution in [-0.4, -0.2) is 15.0 Å². The van der Waals surface area contributed by atoms with E-state index in [1.165, 1.54) is 15.9 Å². The number of hydrogen-bond acceptors (Lipinski definition) is 4. The maximum absolute atomic E-state index is 13.6. The first-order valence-corrected chi connectivity index (χ1v) is 11.9. The normalized spacial score (nSPS) is 11.2. The van der Waals surface area contributed by atoms with Gasteiger partial charge in [0.1, 0.15) is 11.2 Å². The summed E-state index contributed by atoms with van der Waals surface area (Å²) in [7, 11) is 0. The van der Waals surface area contributed by atoms with Crippen LogP contribution in [0.3, 0.4) is 0 Å². The van der Waals surface area contributed by atoms with Gasteiger partial charge in [0.05, 0.1) is 11.2 Å². The SMILES string of the molecule is Cc1ccc(CNC(=O)Cn2c(=O)n(-c3cccc(Cl)c3)c(=O)c3sc4ccccc4c32)cc1. The third-order valence-corrected chi connectivity index (χ3v) is 7.02. The number of carbonyl (C=O) groups excluding carboxylic acids is 1. The highest BCUT2D eigenvalue weighted by atomic mass is 35.5. The number of amides is 1. The molecule has 34 heavy (non-hydrogen) atoms. The number of benzene rings is 3. The van der Waals surface area contributed by atoms with Crippen molar-refractivity contribution in [3.8, 4) is 5.69 Å². The van der Waals surface area contributed by atoms with Crippen LogP contribution in [0.15, 0.2) is 82.4 Å². The standard InChI is InChI=1S/C26H20ClN3O3S/c1-16-9-11-17(12-10-16)14-28-22(31)15-29-23-20-7-2-3-8-21(20)34-24(23)25(32)30(26(29)33)19-6-4-5-18(27)13-19/h2-13H,14-15H2,1H3,(H,28,31). The van der Waals surface area contributed by atoms with Gasteiger partial charge in [-0.15, -0.1) is 11.3 Å². The average molecular weight is 490 g/mol. The minimum atomic E-state index is -0.589. The Bertz CT molecular complexity index is 1670. The third-order valence-electron chi connectivity index (χ3n) is 5.64. The van der Waals surface area contributed by atoms with Gasteiger partial charge < -0.3 is 5.32 Å². The zero-order valence-corrected chi connectivity index (χ0v) is 19.8. The smallest absolute Gasteiger partial charge is 0.336 e. The van der Waals surface area contributed by atoms with E-state index in [4.69, 9.17) is 11.6 Å². The Morgan fingerprint density at radius 3 is 2.53 bits per heavy atom. The largest absolute Gasteiger partial charge is 0.350 e. The molecular formula is C26H20ClN3O3S. The lowest BCUT2D eigenvalue weighted by Gasteiger charge is -2.13. The fourth-order valence-corrected chi connectivity index (χ4v) is 5.27. The molecule has 0 aliphatic heterocycles. The molecule has 0 radical (unpaired) electrons. The molecule has 0 saturated heterocycles. The molecule has 5 rings (SSSR count). The van der Waals surface area contributed by atoms with E-state index in [1.54, 1.807) is 24.3 Å². The highest BCUT2D eigenvalue weighted by Crippen LogP contribution is 2.31. The molecule has 2 aromatic heterocycles. The van der Waals surface area contributed by atoms with Gasteiger partial charge >= 0.3 is 5.69 Å². The number of nitrogens with zero attached hydrogens (tertiary/aromatic N) is 2. The Kier molecular flexibility index (Phi) is 5.81. The molecule has 8 heteroatoms. The van der Waals surface area contributed by atoms with E-state index >= 15 is 0 Å². The topological polar surface area (TPSA) is 73.1 Å². The van der Waals surface area contributed by atoms with Crippen molar-refractivity contribution >= 4 is 49.1 Å². The average Bonchev–Trinajstić information content (AvgIpc) is 3.22. The van der Waals surface area contributed by atoms with E-state index in [0.29, 0.717) is 27.5 Å². The van der Waals surface area contributed by atoms with Crippen molar-refractivity contribution in [2.75, 3.05) is 0 Å². The fraction of sp³-hybridized carbons (Fsp3) is 0.115. The lowest BCUT2D eigenvalue weighted by molar-refractivity contribution is -0.121. The van der Waals surface area contributed by atoms with E-state index in [2.05, 4.69) is 5.32 Å². The van der Waals surface area contributed by atoms with Crippen molar-refractivity contribution in [3.05, 3.63) is 110 Å². The second-order valence-electron chi connectivity index (χ2n) is 8.03. The predicted molar refractivity (Wildman–Crippen MR) is 137 cm³/mol. The summed E-state index contributed by atoms with van der Waals surface area (Å²) in [6.45, 7) is 2.12. The number of thiophene rings is 1. The van der Waals surface area contributed by atoms with Crippen molar-refractivity contribution in [1.29, 1.82) is 0 Å². The molecule has 0 fully saturated rings. The van der Waals surface area contributed by atoms with Crippen LogP contribution in [0.4, 0.5) is 0 Å². The van der Waals surface area contributed by atoms with Gasteiger partial charge in [-0.1, -0.05) is 65.7 Å². The second kappa shape index (κ2) is 8.93. The molecule has 0 aliphatic carbocycles. The molecule has 0 saturated carbocycles. The molecule has 1 amide bonds. The number of carbonyl (C=O) groups is 1. The van der Waals surface area contributed by atoms with Gasteiger partial charge in [0, 0.05) is 21.7 Å². The van der Waals surface area contributed by atoms with Gasteiger partial charge in [-0.05, 0) is 36.8 Å². The molecule has 170 valence electrons. The Balaban J connectivity index is 1.63. The first kappa shape index (κ1) is 22.1. The highest BCUT2D eigenvalue weighted by Gasteiger charge is 2.20. The van der Waals surface area contributed by atoms with E-state index in [9.17, 15) is 14.4 Å².